The molecule has 0 amide bonds. The fourth-order valence-corrected chi connectivity index (χ4v) is 2.36. The highest BCUT2D eigenvalue weighted by molar-refractivity contribution is 5.87. The normalized spacial score (nSPS) is 20.6. The lowest BCUT2D eigenvalue weighted by atomic mass is 9.99. The summed E-state index contributed by atoms with van der Waals surface area (Å²) in [6, 6.07) is 6.92. The summed E-state index contributed by atoms with van der Waals surface area (Å²) in [6.07, 6.45) is -2.40. The minimum atomic E-state index is -1.20. The maximum Gasteiger partial charge on any atom is 0.351 e. The van der Waals surface area contributed by atoms with Crippen molar-refractivity contribution in [2.45, 2.75) is 53.8 Å². The van der Waals surface area contributed by atoms with Crippen molar-refractivity contribution in [2.24, 2.45) is 23.7 Å². The molecule has 1 aromatic rings. The Labute approximate surface area is 167 Å². The molecule has 156 valence electrons. The summed E-state index contributed by atoms with van der Waals surface area (Å²) in [4.78, 5) is 25.3. The molecule has 0 fully saturated rings. The van der Waals surface area contributed by atoms with Crippen LogP contribution < -0.4 is 9.47 Å². The quantitative estimate of drug-likeness (QED) is 0.626. The Morgan fingerprint density at radius 3 is 1.46 bits per heavy atom. The Kier molecular flexibility index (Phi) is 7.72. The van der Waals surface area contributed by atoms with Crippen LogP contribution in [0.2, 0.25) is 0 Å². The molecule has 0 spiro atoms. The number of benzene rings is 1. The van der Waals surface area contributed by atoms with Crippen LogP contribution in [-0.4, -0.2) is 37.4 Å². The van der Waals surface area contributed by atoms with Crippen molar-refractivity contribution in [3.63, 3.8) is 0 Å². The molecule has 0 saturated carbocycles. The highest BCUT2D eigenvalue weighted by Crippen LogP contribution is 2.34. The second-order valence-electron chi connectivity index (χ2n) is 8.23. The summed E-state index contributed by atoms with van der Waals surface area (Å²) in [7, 11) is 0. The standard InChI is InChI=1S/C22H32O6/c1-13(2)15(5)11-25-21(23)19-20(22(24)26-12-16(6)14(3)4)28-18-10-8-7-9-17(18)27-19/h7-10,13-16,19-20H,11-12H2,1-6H3. The fraction of sp³-hybridized carbons (Fsp3) is 0.636. The molecule has 0 radical (unpaired) electrons. The lowest BCUT2D eigenvalue weighted by Gasteiger charge is -2.31. The molecular formula is C22H32O6. The van der Waals surface area contributed by atoms with Crippen LogP contribution in [-0.2, 0) is 19.1 Å². The van der Waals surface area contributed by atoms with Crippen LogP contribution in [0.1, 0.15) is 41.5 Å². The maximum absolute atomic E-state index is 12.7. The Hall–Kier alpha value is -2.24. The van der Waals surface area contributed by atoms with Crippen LogP contribution in [0, 0.1) is 23.7 Å². The molecule has 0 N–H and O–H groups in total. The van der Waals surface area contributed by atoms with E-state index in [1.807, 2.05) is 13.8 Å². The molecule has 4 atom stereocenters. The Morgan fingerprint density at radius 2 is 1.14 bits per heavy atom. The molecule has 0 aromatic heterocycles. The van der Waals surface area contributed by atoms with Gasteiger partial charge in [-0.25, -0.2) is 9.59 Å². The summed E-state index contributed by atoms with van der Waals surface area (Å²) in [5.74, 6) is 0.686. The number of ether oxygens (including phenoxy) is 4. The van der Waals surface area contributed by atoms with Crippen LogP contribution in [0.3, 0.4) is 0 Å². The molecule has 1 heterocycles. The topological polar surface area (TPSA) is 71.1 Å². The third-order valence-corrected chi connectivity index (χ3v) is 5.35. The van der Waals surface area contributed by atoms with E-state index in [0.29, 0.717) is 23.3 Å². The Morgan fingerprint density at radius 1 is 0.786 bits per heavy atom. The lowest BCUT2D eigenvalue weighted by Crippen LogP contribution is -2.51. The number of carbonyl (C=O) groups excluding carboxylic acids is 2. The largest absolute Gasteiger partial charge is 0.470 e. The Balaban J connectivity index is 2.11. The van der Waals surface area contributed by atoms with Gasteiger partial charge in [0, 0.05) is 0 Å². The van der Waals surface area contributed by atoms with E-state index in [4.69, 9.17) is 18.9 Å². The number of para-hydroxylation sites is 2. The number of carbonyl (C=O) groups is 2. The van der Waals surface area contributed by atoms with Gasteiger partial charge in [-0.1, -0.05) is 53.7 Å². The molecule has 0 bridgehead atoms. The molecule has 0 aliphatic carbocycles. The number of esters is 2. The fourth-order valence-electron chi connectivity index (χ4n) is 2.36. The van der Waals surface area contributed by atoms with Gasteiger partial charge in [-0.05, 0) is 35.8 Å². The first-order chi connectivity index (χ1) is 13.2. The van der Waals surface area contributed by atoms with Gasteiger partial charge in [-0.15, -0.1) is 0 Å². The summed E-state index contributed by atoms with van der Waals surface area (Å²) < 4.78 is 22.4. The number of hydrogen-bond acceptors (Lipinski definition) is 6. The van der Waals surface area contributed by atoms with E-state index in [0.717, 1.165) is 0 Å². The maximum atomic E-state index is 12.7. The summed E-state index contributed by atoms with van der Waals surface area (Å²) in [5.41, 5.74) is 0. The summed E-state index contributed by atoms with van der Waals surface area (Å²) in [5, 5.41) is 0. The van der Waals surface area contributed by atoms with E-state index >= 15 is 0 Å². The van der Waals surface area contributed by atoms with E-state index in [9.17, 15) is 9.59 Å². The van der Waals surface area contributed by atoms with Gasteiger partial charge in [0.2, 0.25) is 12.2 Å². The van der Waals surface area contributed by atoms with Crippen LogP contribution >= 0.6 is 0 Å². The van der Waals surface area contributed by atoms with Gasteiger partial charge in [0.15, 0.2) is 11.5 Å². The van der Waals surface area contributed by atoms with E-state index in [2.05, 4.69) is 27.7 Å². The number of hydrogen-bond donors (Lipinski definition) is 0. The SMILES string of the molecule is CC(C)C(C)COC(=O)C1Oc2ccccc2OC1C(=O)OCC(C)C(C)C. The first kappa shape index (κ1) is 22.1. The zero-order valence-corrected chi connectivity index (χ0v) is 17.6. The lowest BCUT2D eigenvalue weighted by molar-refractivity contribution is -0.173. The van der Waals surface area contributed by atoms with E-state index < -0.39 is 24.1 Å². The Bertz CT molecular complexity index is 612. The van der Waals surface area contributed by atoms with Gasteiger partial charge in [0.25, 0.3) is 0 Å². The van der Waals surface area contributed by atoms with Gasteiger partial charge in [-0.2, -0.15) is 0 Å². The van der Waals surface area contributed by atoms with Crippen molar-refractivity contribution in [1.82, 2.24) is 0 Å². The third-order valence-electron chi connectivity index (χ3n) is 5.35. The van der Waals surface area contributed by atoms with Gasteiger partial charge >= 0.3 is 11.9 Å². The van der Waals surface area contributed by atoms with Crippen molar-refractivity contribution < 1.29 is 28.5 Å². The predicted octanol–water partition coefficient (Wildman–Crippen LogP) is 3.87. The zero-order chi connectivity index (χ0) is 20.8. The van der Waals surface area contributed by atoms with Gasteiger partial charge in [-0.3, -0.25) is 0 Å². The summed E-state index contributed by atoms with van der Waals surface area (Å²) in [6.45, 7) is 12.8. The number of rotatable bonds is 8. The van der Waals surface area contributed by atoms with E-state index in [-0.39, 0.29) is 25.0 Å². The molecule has 6 nitrogen and oxygen atoms in total. The predicted molar refractivity (Wildman–Crippen MR) is 105 cm³/mol. The molecule has 0 saturated heterocycles. The van der Waals surface area contributed by atoms with Crippen LogP contribution in [0.25, 0.3) is 0 Å². The van der Waals surface area contributed by atoms with Gasteiger partial charge in [0.05, 0.1) is 13.2 Å². The van der Waals surface area contributed by atoms with Crippen LogP contribution in [0.5, 0.6) is 11.5 Å². The van der Waals surface area contributed by atoms with Gasteiger partial charge < -0.3 is 18.9 Å². The van der Waals surface area contributed by atoms with Crippen molar-refractivity contribution >= 4 is 11.9 Å². The molecule has 1 aliphatic heterocycles. The van der Waals surface area contributed by atoms with Crippen molar-refractivity contribution in [3.05, 3.63) is 24.3 Å². The molecule has 4 unspecified atom stereocenters. The molecule has 28 heavy (non-hydrogen) atoms. The molecule has 6 heteroatoms. The first-order valence-electron chi connectivity index (χ1n) is 9.96. The number of fused-ring (bicyclic) bond motifs is 1. The molecule has 1 aromatic carbocycles. The molecular weight excluding hydrogens is 360 g/mol. The van der Waals surface area contributed by atoms with Crippen LogP contribution in [0.4, 0.5) is 0 Å². The van der Waals surface area contributed by atoms with Crippen molar-refractivity contribution in [1.29, 1.82) is 0 Å². The minimum absolute atomic E-state index is 0.193. The minimum Gasteiger partial charge on any atom is -0.470 e. The van der Waals surface area contributed by atoms with E-state index in [1.54, 1.807) is 24.3 Å². The third kappa shape index (κ3) is 5.63. The molecule has 1 aliphatic rings. The van der Waals surface area contributed by atoms with E-state index in [1.165, 1.54) is 0 Å². The average molecular weight is 392 g/mol. The van der Waals surface area contributed by atoms with Crippen molar-refractivity contribution in [3.8, 4) is 11.5 Å². The molecule has 2 rings (SSSR count). The summed E-state index contributed by atoms with van der Waals surface area (Å²) >= 11 is 0. The second-order valence-corrected chi connectivity index (χ2v) is 8.23. The highest BCUT2D eigenvalue weighted by atomic mass is 16.6. The average Bonchev–Trinajstić information content (AvgIpc) is 2.68. The zero-order valence-electron chi connectivity index (χ0n) is 17.6. The second kappa shape index (κ2) is 9.80. The smallest absolute Gasteiger partial charge is 0.351 e. The first-order valence-corrected chi connectivity index (χ1v) is 9.96. The monoisotopic (exact) mass is 392 g/mol. The van der Waals surface area contributed by atoms with Crippen molar-refractivity contribution in [2.75, 3.05) is 13.2 Å². The van der Waals surface area contributed by atoms with Gasteiger partial charge in [0.1, 0.15) is 0 Å². The highest BCUT2D eigenvalue weighted by Gasteiger charge is 2.44. The van der Waals surface area contributed by atoms with Crippen LogP contribution in [0.15, 0.2) is 24.3 Å².